The highest BCUT2D eigenvalue weighted by Crippen LogP contribution is 2.34. The first-order chi connectivity index (χ1) is 10.1. The van der Waals surface area contributed by atoms with E-state index in [4.69, 9.17) is 22.7 Å². The van der Waals surface area contributed by atoms with Gasteiger partial charge in [-0.25, -0.2) is 0 Å². The molecule has 0 aliphatic rings. The van der Waals surface area contributed by atoms with E-state index in [0.29, 0.717) is 5.02 Å². The number of rotatable bonds is 4. The van der Waals surface area contributed by atoms with Crippen molar-refractivity contribution >= 4 is 40.7 Å². The summed E-state index contributed by atoms with van der Waals surface area (Å²) in [6.07, 6.45) is 2.92. The molecule has 0 bridgehead atoms. The summed E-state index contributed by atoms with van der Waals surface area (Å²) >= 11 is 7.96. The zero-order valence-electron chi connectivity index (χ0n) is 12.1. The average Bonchev–Trinajstić information content (AvgIpc) is 2.49. The maximum absolute atomic E-state index is 7.92. The fourth-order valence-corrected chi connectivity index (χ4v) is 2.76. The smallest absolute Gasteiger partial charge is 0.197 e. The van der Waals surface area contributed by atoms with Crippen LogP contribution in [-0.2, 0) is 6.42 Å². The number of nitrogens with two attached hydrogens (primary N) is 1. The van der Waals surface area contributed by atoms with E-state index >= 15 is 0 Å². The third-order valence-corrected chi connectivity index (χ3v) is 4.26. The molecule has 0 aromatic heterocycles. The van der Waals surface area contributed by atoms with Crippen molar-refractivity contribution in [2.75, 3.05) is 11.2 Å². The Morgan fingerprint density at radius 3 is 2.67 bits per heavy atom. The lowest BCUT2D eigenvalue weighted by molar-refractivity contribution is 1.13. The van der Waals surface area contributed by atoms with Crippen LogP contribution >= 0.6 is 23.4 Å². The molecule has 21 heavy (non-hydrogen) atoms. The van der Waals surface area contributed by atoms with Gasteiger partial charge in [0.25, 0.3) is 0 Å². The maximum atomic E-state index is 7.92. The van der Waals surface area contributed by atoms with E-state index in [1.54, 1.807) is 16.7 Å². The summed E-state index contributed by atoms with van der Waals surface area (Å²) < 4.78 is 0. The Balaban J connectivity index is 2.55. The minimum absolute atomic E-state index is 0.0524. The van der Waals surface area contributed by atoms with Crippen molar-refractivity contribution in [3.05, 3.63) is 53.1 Å². The first kappa shape index (κ1) is 15.7. The van der Waals surface area contributed by atoms with Gasteiger partial charge in [0, 0.05) is 4.90 Å². The molecular weight excluding hydrogens is 302 g/mol. The van der Waals surface area contributed by atoms with Crippen LogP contribution in [0.3, 0.4) is 0 Å². The summed E-state index contributed by atoms with van der Waals surface area (Å²) in [5, 5.41) is 8.50. The molecule has 0 saturated carbocycles. The van der Waals surface area contributed by atoms with Gasteiger partial charge >= 0.3 is 0 Å². The van der Waals surface area contributed by atoms with Gasteiger partial charge in [0.15, 0.2) is 5.96 Å². The minimum Gasteiger partial charge on any atom is -0.369 e. The highest BCUT2D eigenvalue weighted by Gasteiger charge is 2.16. The molecule has 0 aliphatic carbocycles. The van der Waals surface area contributed by atoms with E-state index in [2.05, 4.69) is 6.92 Å². The number of nitrogens with one attached hydrogen (secondary N) is 1. The van der Waals surface area contributed by atoms with Crippen molar-refractivity contribution in [1.29, 1.82) is 5.41 Å². The lowest BCUT2D eigenvalue weighted by Crippen LogP contribution is -2.32. The summed E-state index contributed by atoms with van der Waals surface area (Å²) in [4.78, 5) is 2.78. The van der Waals surface area contributed by atoms with Gasteiger partial charge in [-0.3, -0.25) is 10.3 Å². The molecule has 3 N–H and O–H groups in total. The van der Waals surface area contributed by atoms with Crippen molar-refractivity contribution in [2.45, 2.75) is 18.2 Å². The van der Waals surface area contributed by atoms with E-state index in [-0.39, 0.29) is 5.96 Å². The van der Waals surface area contributed by atoms with Crippen LogP contribution in [0.15, 0.2) is 47.4 Å². The summed E-state index contributed by atoms with van der Waals surface area (Å²) in [7, 11) is 0. The predicted octanol–water partition coefficient (Wildman–Crippen LogP) is 4.66. The molecule has 0 aliphatic heterocycles. The molecule has 2 aromatic carbocycles. The molecule has 0 atom stereocenters. The number of benzene rings is 2. The van der Waals surface area contributed by atoms with Crippen molar-refractivity contribution in [2.24, 2.45) is 5.73 Å². The SMILES string of the molecule is CCc1ccc(Cl)c(N(C(=N)N)c2cccc(SC)c2)c1. The van der Waals surface area contributed by atoms with Crippen LogP contribution in [0, 0.1) is 5.41 Å². The Bertz CT molecular complexity index is 658. The van der Waals surface area contributed by atoms with Crippen LogP contribution in [-0.4, -0.2) is 12.2 Å². The summed E-state index contributed by atoms with van der Waals surface area (Å²) in [5.41, 5.74) is 8.53. The fraction of sp³-hybridized carbons (Fsp3) is 0.188. The number of hydrogen-bond acceptors (Lipinski definition) is 2. The average molecular weight is 320 g/mol. The number of hydrogen-bond donors (Lipinski definition) is 2. The molecule has 3 nitrogen and oxygen atoms in total. The molecule has 0 radical (unpaired) electrons. The molecular formula is C16H18ClN3S. The van der Waals surface area contributed by atoms with Crippen molar-refractivity contribution < 1.29 is 0 Å². The quantitative estimate of drug-likeness (QED) is 0.489. The lowest BCUT2D eigenvalue weighted by atomic mass is 10.1. The first-order valence-corrected chi connectivity index (χ1v) is 8.23. The summed E-state index contributed by atoms with van der Waals surface area (Å²) in [6, 6.07) is 13.7. The number of aryl methyl sites for hydroxylation is 1. The number of anilines is 2. The van der Waals surface area contributed by atoms with Crippen molar-refractivity contribution in [3.8, 4) is 0 Å². The molecule has 110 valence electrons. The first-order valence-electron chi connectivity index (χ1n) is 6.63. The fourth-order valence-electron chi connectivity index (χ4n) is 2.11. The van der Waals surface area contributed by atoms with Crippen molar-refractivity contribution in [3.63, 3.8) is 0 Å². The van der Waals surface area contributed by atoms with Crippen LogP contribution in [0.5, 0.6) is 0 Å². The Labute approximate surface area is 134 Å². The van der Waals surface area contributed by atoms with Gasteiger partial charge in [-0.1, -0.05) is 30.7 Å². The largest absolute Gasteiger partial charge is 0.369 e. The molecule has 0 fully saturated rings. The molecule has 2 rings (SSSR count). The third kappa shape index (κ3) is 3.52. The minimum atomic E-state index is -0.0524. The normalized spacial score (nSPS) is 10.4. The second-order valence-corrected chi connectivity index (χ2v) is 5.85. The van der Waals surface area contributed by atoms with E-state index in [1.165, 1.54) is 0 Å². The molecule has 0 spiro atoms. The lowest BCUT2D eigenvalue weighted by Gasteiger charge is -2.25. The number of thioether (sulfide) groups is 1. The van der Waals surface area contributed by atoms with E-state index in [1.807, 2.05) is 48.7 Å². The van der Waals surface area contributed by atoms with Crippen molar-refractivity contribution in [1.82, 2.24) is 0 Å². The third-order valence-electron chi connectivity index (χ3n) is 3.21. The van der Waals surface area contributed by atoms with Crippen LogP contribution in [0.4, 0.5) is 11.4 Å². The number of nitrogens with zero attached hydrogens (tertiary/aromatic N) is 1. The Morgan fingerprint density at radius 1 is 1.29 bits per heavy atom. The van der Waals surface area contributed by atoms with Gasteiger partial charge in [0.1, 0.15) is 0 Å². The highest BCUT2D eigenvalue weighted by atomic mass is 35.5. The van der Waals surface area contributed by atoms with Gasteiger partial charge in [-0.2, -0.15) is 0 Å². The van der Waals surface area contributed by atoms with Crippen LogP contribution in [0.1, 0.15) is 12.5 Å². The van der Waals surface area contributed by atoms with E-state index < -0.39 is 0 Å². The summed E-state index contributed by atoms with van der Waals surface area (Å²) in [5.74, 6) is -0.0524. The second kappa shape index (κ2) is 6.87. The number of guanidine groups is 1. The topological polar surface area (TPSA) is 53.1 Å². The van der Waals surface area contributed by atoms with E-state index in [9.17, 15) is 0 Å². The van der Waals surface area contributed by atoms with Crippen LogP contribution in [0.2, 0.25) is 5.02 Å². The van der Waals surface area contributed by atoms with Crippen LogP contribution < -0.4 is 10.6 Å². The summed E-state index contributed by atoms with van der Waals surface area (Å²) in [6.45, 7) is 2.08. The Hall–Kier alpha value is -1.65. The van der Waals surface area contributed by atoms with Gasteiger partial charge in [-0.05, 0) is 48.6 Å². The molecule has 0 saturated heterocycles. The van der Waals surface area contributed by atoms with Gasteiger partial charge in [0.2, 0.25) is 0 Å². The zero-order valence-corrected chi connectivity index (χ0v) is 13.6. The second-order valence-electron chi connectivity index (χ2n) is 4.56. The molecule has 2 aromatic rings. The Kier molecular flexibility index (Phi) is 5.15. The Morgan fingerprint density at radius 2 is 2.05 bits per heavy atom. The van der Waals surface area contributed by atoms with Crippen LogP contribution in [0.25, 0.3) is 0 Å². The number of halogens is 1. The molecule has 0 unspecified atom stereocenters. The monoisotopic (exact) mass is 319 g/mol. The molecule has 5 heteroatoms. The maximum Gasteiger partial charge on any atom is 0.197 e. The predicted molar refractivity (Wildman–Crippen MR) is 93.1 cm³/mol. The standard InChI is InChI=1S/C16H18ClN3S/c1-3-11-7-8-14(17)15(9-11)20(16(18)19)12-5-4-6-13(10-12)21-2/h4-10H,3H2,1-2H3,(H3,18,19). The van der Waals surface area contributed by atoms with Gasteiger partial charge in [0.05, 0.1) is 16.4 Å². The highest BCUT2D eigenvalue weighted by molar-refractivity contribution is 7.98. The zero-order chi connectivity index (χ0) is 15.4. The molecule has 0 amide bonds. The van der Waals surface area contributed by atoms with Gasteiger partial charge < -0.3 is 5.73 Å². The molecule has 0 heterocycles. The van der Waals surface area contributed by atoms with Gasteiger partial charge in [-0.15, -0.1) is 11.8 Å². The van der Waals surface area contributed by atoms with E-state index in [0.717, 1.165) is 28.3 Å².